The van der Waals surface area contributed by atoms with Crippen LogP contribution in [0.5, 0.6) is 0 Å². The molecule has 0 aliphatic rings. The molecule has 0 unspecified atom stereocenters. The van der Waals surface area contributed by atoms with Crippen LogP contribution in [-0.2, 0) is 4.79 Å². The predicted octanol–water partition coefficient (Wildman–Crippen LogP) is 6.20. The van der Waals surface area contributed by atoms with Gasteiger partial charge in [-0.3, -0.25) is 19.9 Å². The number of rotatable bonds is 5. The maximum Gasteiger partial charge on any atom is 0.224 e. The van der Waals surface area contributed by atoms with Crippen molar-refractivity contribution in [3.05, 3.63) is 60.3 Å². The van der Waals surface area contributed by atoms with E-state index in [1.165, 1.54) is 6.07 Å². The van der Waals surface area contributed by atoms with Crippen LogP contribution in [0.1, 0.15) is 27.2 Å². The number of pyridine rings is 3. The molecule has 0 aliphatic carbocycles. The largest absolute Gasteiger partial charge is 0.335 e. The highest BCUT2D eigenvalue weighted by atomic mass is 32.1. The summed E-state index contributed by atoms with van der Waals surface area (Å²) in [5.74, 6) is 0.449. The van der Waals surface area contributed by atoms with Crippen molar-refractivity contribution in [1.82, 2.24) is 35.1 Å². The van der Waals surface area contributed by atoms with Crippen molar-refractivity contribution in [3.63, 3.8) is 0 Å². The number of aromatic amines is 2. The highest BCUT2D eigenvalue weighted by Gasteiger charge is 2.19. The molecule has 11 heteroatoms. The quantitative estimate of drug-likeness (QED) is 0.246. The highest BCUT2D eigenvalue weighted by molar-refractivity contribution is 7.14. The van der Waals surface area contributed by atoms with Crippen molar-refractivity contribution in [1.29, 1.82) is 0 Å². The first kappa shape index (κ1) is 23.9. The molecule has 0 spiro atoms. The molecule has 0 saturated heterocycles. The van der Waals surface area contributed by atoms with Gasteiger partial charge in [-0.2, -0.15) is 9.49 Å². The summed E-state index contributed by atoms with van der Waals surface area (Å²) in [5, 5.41) is 10.1. The molecule has 6 aromatic rings. The van der Waals surface area contributed by atoms with Crippen molar-refractivity contribution in [2.24, 2.45) is 5.41 Å². The van der Waals surface area contributed by atoms with E-state index in [-0.39, 0.29) is 16.5 Å². The molecule has 0 aromatic carbocycles. The number of H-pyrrole nitrogens is 2. The van der Waals surface area contributed by atoms with Crippen molar-refractivity contribution in [3.8, 4) is 33.2 Å². The van der Waals surface area contributed by atoms with E-state index in [2.05, 4.69) is 30.5 Å². The molecule has 0 radical (unpaired) electrons. The van der Waals surface area contributed by atoms with Gasteiger partial charge in [-0.05, 0) is 35.7 Å². The number of halogens is 1. The number of amides is 1. The van der Waals surface area contributed by atoms with Gasteiger partial charge in [-0.25, -0.2) is 9.97 Å². The van der Waals surface area contributed by atoms with Gasteiger partial charge in [0.25, 0.3) is 0 Å². The third-order valence-corrected chi connectivity index (χ3v) is 6.78. The maximum absolute atomic E-state index is 13.7. The number of carbonyl (C=O) groups excluding carboxylic acids is 1. The second-order valence-corrected chi connectivity index (χ2v) is 11.2. The van der Waals surface area contributed by atoms with Crippen LogP contribution < -0.4 is 5.32 Å². The average molecular weight is 527 g/mol. The van der Waals surface area contributed by atoms with Crippen LogP contribution in [0.4, 0.5) is 10.1 Å². The topological polar surface area (TPSA) is 125 Å². The van der Waals surface area contributed by atoms with Crippen LogP contribution in [-0.4, -0.2) is 41.0 Å². The van der Waals surface area contributed by atoms with Gasteiger partial charge < -0.3 is 10.3 Å². The summed E-state index contributed by atoms with van der Waals surface area (Å²) in [4.78, 5) is 34.6. The fraction of sp³-hybridized carbons (Fsp3) is 0.185. The van der Waals surface area contributed by atoms with Crippen LogP contribution >= 0.6 is 11.3 Å². The molecule has 3 N–H and O–H groups in total. The number of nitrogens with one attached hydrogen (secondary N) is 3. The van der Waals surface area contributed by atoms with Gasteiger partial charge in [0.2, 0.25) is 5.91 Å². The van der Waals surface area contributed by atoms with Gasteiger partial charge in [0.05, 0.1) is 34.8 Å². The Kier molecular flexibility index (Phi) is 5.72. The van der Waals surface area contributed by atoms with E-state index >= 15 is 0 Å². The summed E-state index contributed by atoms with van der Waals surface area (Å²) in [6, 6.07) is 8.76. The smallest absolute Gasteiger partial charge is 0.224 e. The van der Waals surface area contributed by atoms with Crippen molar-refractivity contribution >= 4 is 45.0 Å². The standard InChI is InChI=1S/C27H23FN8OS/c1-27(2,3)9-22(37)31-15-8-14(10-29-11-15)17-4-5-18-24(32-17)25(36-35-18)26-33-19-13-30-12-16(23(19)34-26)20-6-7-21(28)38-20/h4-8,10-13H,9H2,1-3H3,(H,31,37)(H,33,34)(H,35,36). The Bertz CT molecular complexity index is 1810. The number of imidazole rings is 1. The molecule has 38 heavy (non-hydrogen) atoms. The Balaban J connectivity index is 1.36. The minimum atomic E-state index is -0.268. The summed E-state index contributed by atoms with van der Waals surface area (Å²) in [6.07, 6.45) is 7.07. The zero-order valence-corrected chi connectivity index (χ0v) is 21.7. The summed E-state index contributed by atoms with van der Waals surface area (Å²) in [7, 11) is 0. The Morgan fingerprint density at radius 3 is 2.63 bits per heavy atom. The average Bonchev–Trinajstić information content (AvgIpc) is 3.60. The van der Waals surface area contributed by atoms with Gasteiger partial charge in [-0.15, -0.1) is 11.3 Å². The molecule has 6 heterocycles. The Hall–Kier alpha value is -4.51. The lowest BCUT2D eigenvalue weighted by Gasteiger charge is -2.17. The van der Waals surface area contributed by atoms with Gasteiger partial charge in [0.15, 0.2) is 16.6 Å². The summed E-state index contributed by atoms with van der Waals surface area (Å²) < 4.78 is 13.7. The summed E-state index contributed by atoms with van der Waals surface area (Å²) in [5.41, 5.74) is 5.95. The Morgan fingerprint density at radius 1 is 1.00 bits per heavy atom. The maximum atomic E-state index is 13.7. The SMILES string of the molecule is CC(C)(C)CC(=O)Nc1cncc(-c2ccc3[nH]nc(-c4nc5c(-c6ccc(F)s6)cncc5[nH]4)c3n2)c1. The van der Waals surface area contributed by atoms with E-state index < -0.39 is 0 Å². The molecule has 0 saturated carbocycles. The lowest BCUT2D eigenvalue weighted by molar-refractivity contribution is -0.117. The second kappa shape index (κ2) is 9.10. The van der Waals surface area contributed by atoms with E-state index in [0.29, 0.717) is 45.9 Å². The van der Waals surface area contributed by atoms with Gasteiger partial charge in [-0.1, -0.05) is 20.8 Å². The molecule has 190 valence electrons. The molecule has 0 atom stereocenters. The lowest BCUT2D eigenvalue weighted by Crippen LogP contribution is -2.19. The number of fused-ring (bicyclic) bond motifs is 2. The number of aromatic nitrogens is 7. The van der Waals surface area contributed by atoms with Crippen LogP contribution in [0, 0.1) is 10.5 Å². The summed E-state index contributed by atoms with van der Waals surface area (Å²) >= 11 is 1.04. The third kappa shape index (κ3) is 4.63. The molecule has 6 rings (SSSR count). The van der Waals surface area contributed by atoms with Crippen LogP contribution in [0.2, 0.25) is 0 Å². The van der Waals surface area contributed by atoms with Gasteiger partial charge in [0, 0.05) is 34.8 Å². The summed E-state index contributed by atoms with van der Waals surface area (Å²) in [6.45, 7) is 6.05. The third-order valence-electron chi connectivity index (χ3n) is 5.87. The number of thiophene rings is 1. The Labute approximate surface area is 220 Å². The van der Waals surface area contributed by atoms with E-state index in [9.17, 15) is 9.18 Å². The lowest BCUT2D eigenvalue weighted by atomic mass is 9.92. The van der Waals surface area contributed by atoms with Crippen molar-refractivity contribution < 1.29 is 9.18 Å². The fourth-order valence-corrected chi connectivity index (χ4v) is 4.99. The second-order valence-electron chi connectivity index (χ2n) is 10.2. The monoisotopic (exact) mass is 526 g/mol. The highest BCUT2D eigenvalue weighted by Crippen LogP contribution is 2.34. The number of nitrogens with zero attached hydrogens (tertiary/aromatic N) is 5. The number of carbonyl (C=O) groups is 1. The van der Waals surface area contributed by atoms with Gasteiger partial charge >= 0.3 is 0 Å². The molecular formula is C27H23FN8OS. The van der Waals surface area contributed by atoms with Crippen LogP contribution in [0.3, 0.4) is 0 Å². The van der Waals surface area contributed by atoms with E-state index in [1.54, 1.807) is 30.9 Å². The van der Waals surface area contributed by atoms with E-state index in [4.69, 9.17) is 9.97 Å². The minimum absolute atomic E-state index is 0.0685. The normalized spacial score (nSPS) is 11.9. The molecule has 0 aliphatic heterocycles. The first-order valence-electron chi connectivity index (χ1n) is 11.9. The number of hydrogen-bond donors (Lipinski definition) is 3. The fourth-order valence-electron chi connectivity index (χ4n) is 4.24. The van der Waals surface area contributed by atoms with Crippen molar-refractivity contribution in [2.45, 2.75) is 27.2 Å². The zero-order valence-electron chi connectivity index (χ0n) is 20.8. The zero-order chi connectivity index (χ0) is 26.4. The first-order chi connectivity index (χ1) is 18.2. The molecule has 1 amide bonds. The van der Waals surface area contributed by atoms with E-state index in [1.807, 2.05) is 39.0 Å². The van der Waals surface area contributed by atoms with Crippen LogP contribution in [0.25, 0.3) is 55.3 Å². The van der Waals surface area contributed by atoms with Crippen LogP contribution in [0.15, 0.2) is 55.1 Å². The molecular weight excluding hydrogens is 503 g/mol. The first-order valence-corrected chi connectivity index (χ1v) is 12.8. The number of anilines is 1. The molecule has 6 aromatic heterocycles. The van der Waals surface area contributed by atoms with E-state index in [0.717, 1.165) is 32.9 Å². The molecule has 0 bridgehead atoms. The number of hydrogen-bond acceptors (Lipinski definition) is 7. The van der Waals surface area contributed by atoms with Crippen molar-refractivity contribution in [2.75, 3.05) is 5.32 Å². The molecule has 9 nitrogen and oxygen atoms in total. The molecule has 0 fully saturated rings. The minimum Gasteiger partial charge on any atom is -0.335 e. The predicted molar refractivity (Wildman–Crippen MR) is 146 cm³/mol. The Morgan fingerprint density at radius 2 is 1.84 bits per heavy atom. The van der Waals surface area contributed by atoms with Gasteiger partial charge in [0.1, 0.15) is 11.0 Å².